The Morgan fingerprint density at radius 1 is 1.29 bits per heavy atom. The molecule has 0 spiro atoms. The van der Waals surface area contributed by atoms with Crippen molar-refractivity contribution in [1.29, 1.82) is 0 Å². The van der Waals surface area contributed by atoms with E-state index >= 15 is 0 Å². The van der Waals surface area contributed by atoms with E-state index in [9.17, 15) is 4.79 Å². The van der Waals surface area contributed by atoms with Gasteiger partial charge in [0.2, 0.25) is 0 Å². The van der Waals surface area contributed by atoms with Crippen molar-refractivity contribution < 1.29 is 4.79 Å². The predicted molar refractivity (Wildman–Crippen MR) is 88.7 cm³/mol. The smallest absolute Gasteiger partial charge is 0.267 e. The Morgan fingerprint density at radius 2 is 1.95 bits per heavy atom. The van der Waals surface area contributed by atoms with Crippen LogP contribution in [0.15, 0.2) is 28.7 Å². The van der Waals surface area contributed by atoms with Crippen LogP contribution in [0.2, 0.25) is 0 Å². The van der Waals surface area contributed by atoms with Crippen LogP contribution in [0.5, 0.6) is 0 Å². The van der Waals surface area contributed by atoms with E-state index in [-0.39, 0.29) is 5.91 Å². The number of halogens is 1. The van der Waals surface area contributed by atoms with Crippen LogP contribution in [-0.4, -0.2) is 15.7 Å². The van der Waals surface area contributed by atoms with Gasteiger partial charge in [0.1, 0.15) is 0 Å². The Bertz CT molecular complexity index is 659. The molecule has 3 nitrogen and oxygen atoms in total. The minimum absolute atomic E-state index is 0.0844. The van der Waals surface area contributed by atoms with Crippen molar-refractivity contribution in [2.45, 2.75) is 40.5 Å². The van der Waals surface area contributed by atoms with Gasteiger partial charge in [0.25, 0.3) is 5.91 Å². The molecule has 0 atom stereocenters. The summed E-state index contributed by atoms with van der Waals surface area (Å²) in [5, 5.41) is 4.45. The maximum atomic E-state index is 12.7. The Balaban J connectivity index is 2.35. The molecular weight excluding hydrogens is 328 g/mol. The van der Waals surface area contributed by atoms with Crippen LogP contribution in [0.3, 0.4) is 0 Å². The first-order chi connectivity index (χ1) is 9.91. The molecule has 0 amide bonds. The largest absolute Gasteiger partial charge is 0.279 e. The van der Waals surface area contributed by atoms with E-state index in [4.69, 9.17) is 0 Å². The van der Waals surface area contributed by atoms with Gasteiger partial charge in [0.15, 0.2) is 0 Å². The summed E-state index contributed by atoms with van der Waals surface area (Å²) in [6, 6.07) is 7.45. The lowest BCUT2D eigenvalue weighted by atomic mass is 10.0. The first-order valence-electron chi connectivity index (χ1n) is 7.26. The maximum Gasteiger partial charge on any atom is 0.279 e. The number of aryl methyl sites for hydroxylation is 1. The van der Waals surface area contributed by atoms with Crippen molar-refractivity contribution in [1.82, 2.24) is 9.78 Å². The summed E-state index contributed by atoms with van der Waals surface area (Å²) in [5.41, 5.74) is 3.74. The van der Waals surface area contributed by atoms with Crippen molar-refractivity contribution in [3.63, 3.8) is 0 Å². The monoisotopic (exact) mass is 348 g/mol. The molecule has 1 heterocycles. The number of rotatable bonds is 4. The summed E-state index contributed by atoms with van der Waals surface area (Å²) in [7, 11) is 0. The minimum atomic E-state index is -0.0844. The van der Waals surface area contributed by atoms with E-state index in [0.717, 1.165) is 28.7 Å². The van der Waals surface area contributed by atoms with Gasteiger partial charge in [-0.3, -0.25) is 4.79 Å². The Morgan fingerprint density at radius 3 is 2.57 bits per heavy atom. The first kappa shape index (κ1) is 16.0. The summed E-state index contributed by atoms with van der Waals surface area (Å²) in [4.78, 5) is 12.7. The number of nitrogens with zero attached hydrogens (tertiary/aromatic N) is 2. The van der Waals surface area contributed by atoms with E-state index < -0.39 is 0 Å². The SMILES string of the molecule is Cc1nn(C(=O)c2ccccc2Br)c(C)c1CCC(C)C. The van der Waals surface area contributed by atoms with E-state index in [1.165, 1.54) is 10.2 Å². The quantitative estimate of drug-likeness (QED) is 0.812. The lowest BCUT2D eigenvalue weighted by molar-refractivity contribution is 0.0941. The number of hydrogen-bond donors (Lipinski definition) is 0. The minimum Gasteiger partial charge on any atom is -0.267 e. The Hall–Kier alpha value is -1.42. The molecule has 0 aliphatic rings. The fourth-order valence-electron chi connectivity index (χ4n) is 2.42. The van der Waals surface area contributed by atoms with Gasteiger partial charge in [-0.05, 0) is 66.2 Å². The van der Waals surface area contributed by atoms with E-state index in [1.807, 2.05) is 38.1 Å². The fourth-order valence-corrected chi connectivity index (χ4v) is 2.87. The highest BCUT2D eigenvalue weighted by Crippen LogP contribution is 2.21. The van der Waals surface area contributed by atoms with Gasteiger partial charge in [-0.2, -0.15) is 5.10 Å². The third-order valence-corrected chi connectivity index (χ3v) is 4.40. The number of benzene rings is 1. The average molecular weight is 349 g/mol. The molecule has 1 aromatic carbocycles. The van der Waals surface area contributed by atoms with Gasteiger partial charge in [-0.25, -0.2) is 4.68 Å². The van der Waals surface area contributed by atoms with E-state index in [1.54, 1.807) is 0 Å². The van der Waals surface area contributed by atoms with Gasteiger partial charge in [-0.1, -0.05) is 26.0 Å². The van der Waals surface area contributed by atoms with Gasteiger partial charge in [-0.15, -0.1) is 0 Å². The first-order valence-corrected chi connectivity index (χ1v) is 8.05. The van der Waals surface area contributed by atoms with Gasteiger partial charge >= 0.3 is 0 Å². The molecule has 0 saturated heterocycles. The third kappa shape index (κ3) is 3.43. The van der Waals surface area contributed by atoms with Crippen molar-refractivity contribution in [2.24, 2.45) is 5.92 Å². The van der Waals surface area contributed by atoms with Crippen LogP contribution in [-0.2, 0) is 6.42 Å². The third-order valence-electron chi connectivity index (χ3n) is 3.71. The Labute approximate surface area is 134 Å². The number of carbonyl (C=O) groups is 1. The van der Waals surface area contributed by atoms with Crippen LogP contribution in [0.25, 0.3) is 0 Å². The molecule has 0 bridgehead atoms. The second-order valence-electron chi connectivity index (χ2n) is 5.78. The molecule has 0 N–H and O–H groups in total. The predicted octanol–water partition coefficient (Wildman–Crippen LogP) is 4.54. The van der Waals surface area contributed by atoms with Gasteiger partial charge in [0.05, 0.1) is 11.3 Å². The van der Waals surface area contributed by atoms with Crippen LogP contribution in [0, 0.1) is 19.8 Å². The molecule has 0 unspecified atom stereocenters. The molecular formula is C17H21BrN2O. The zero-order chi connectivity index (χ0) is 15.6. The van der Waals surface area contributed by atoms with Crippen LogP contribution in [0.1, 0.15) is 47.6 Å². The number of carbonyl (C=O) groups excluding carboxylic acids is 1. The van der Waals surface area contributed by atoms with Crippen molar-refractivity contribution >= 4 is 21.8 Å². The maximum absolute atomic E-state index is 12.7. The van der Waals surface area contributed by atoms with Crippen LogP contribution in [0.4, 0.5) is 0 Å². The zero-order valence-corrected chi connectivity index (χ0v) is 14.6. The fraction of sp³-hybridized carbons (Fsp3) is 0.412. The molecule has 2 rings (SSSR count). The average Bonchev–Trinajstić information content (AvgIpc) is 2.71. The summed E-state index contributed by atoms with van der Waals surface area (Å²) in [6.45, 7) is 8.37. The molecule has 4 heteroatoms. The molecule has 2 aromatic rings. The molecule has 0 fully saturated rings. The van der Waals surface area contributed by atoms with Crippen LogP contribution >= 0.6 is 15.9 Å². The summed E-state index contributed by atoms with van der Waals surface area (Å²) in [5.74, 6) is 0.560. The number of hydrogen-bond acceptors (Lipinski definition) is 2. The molecule has 0 saturated carbocycles. The zero-order valence-electron chi connectivity index (χ0n) is 13.0. The highest BCUT2D eigenvalue weighted by molar-refractivity contribution is 9.10. The molecule has 21 heavy (non-hydrogen) atoms. The van der Waals surface area contributed by atoms with E-state index in [0.29, 0.717) is 11.5 Å². The van der Waals surface area contributed by atoms with Gasteiger partial charge < -0.3 is 0 Å². The molecule has 112 valence electrons. The lowest BCUT2D eigenvalue weighted by Crippen LogP contribution is -2.16. The lowest BCUT2D eigenvalue weighted by Gasteiger charge is -2.07. The second-order valence-corrected chi connectivity index (χ2v) is 6.63. The highest BCUT2D eigenvalue weighted by atomic mass is 79.9. The van der Waals surface area contributed by atoms with Crippen molar-refractivity contribution in [3.05, 3.63) is 51.3 Å². The Kier molecular flexibility index (Phi) is 4.99. The standard InChI is InChI=1S/C17H21BrN2O/c1-11(2)9-10-14-12(3)19-20(13(14)4)17(21)15-7-5-6-8-16(15)18/h5-8,11H,9-10H2,1-4H3. The summed E-state index contributed by atoms with van der Waals surface area (Å²) < 4.78 is 2.33. The summed E-state index contributed by atoms with van der Waals surface area (Å²) >= 11 is 3.43. The molecule has 0 aliphatic heterocycles. The van der Waals surface area contributed by atoms with Crippen molar-refractivity contribution in [3.8, 4) is 0 Å². The molecule has 1 aromatic heterocycles. The molecule has 0 aliphatic carbocycles. The van der Waals surface area contributed by atoms with Crippen LogP contribution < -0.4 is 0 Å². The topological polar surface area (TPSA) is 34.9 Å². The normalized spacial score (nSPS) is 11.1. The number of aromatic nitrogens is 2. The highest BCUT2D eigenvalue weighted by Gasteiger charge is 2.19. The van der Waals surface area contributed by atoms with E-state index in [2.05, 4.69) is 34.9 Å². The second kappa shape index (κ2) is 6.56. The summed E-state index contributed by atoms with van der Waals surface area (Å²) in [6.07, 6.45) is 2.08. The molecule has 0 radical (unpaired) electrons. The van der Waals surface area contributed by atoms with Gasteiger partial charge in [0, 0.05) is 10.2 Å². The van der Waals surface area contributed by atoms with Crippen molar-refractivity contribution in [2.75, 3.05) is 0 Å².